The molecule has 0 atom stereocenters. The summed E-state index contributed by atoms with van der Waals surface area (Å²) in [6.07, 6.45) is 4.58. The summed E-state index contributed by atoms with van der Waals surface area (Å²) < 4.78 is 29.3. The minimum absolute atomic E-state index is 0.230. The van der Waals surface area contributed by atoms with Crippen molar-refractivity contribution in [2.24, 2.45) is 11.8 Å². The minimum Gasteiger partial charge on any atom is -0.433 e. The first-order chi connectivity index (χ1) is 9.56. The van der Waals surface area contributed by atoms with Gasteiger partial charge in [-0.3, -0.25) is 0 Å². The first-order valence-electron chi connectivity index (χ1n) is 7.36. The van der Waals surface area contributed by atoms with Gasteiger partial charge in [-0.1, -0.05) is 26.0 Å². The van der Waals surface area contributed by atoms with Gasteiger partial charge >= 0.3 is 6.61 Å². The molecule has 0 bridgehead atoms. The fourth-order valence-corrected chi connectivity index (χ4v) is 2.93. The van der Waals surface area contributed by atoms with Crippen LogP contribution in [0.15, 0.2) is 24.3 Å². The van der Waals surface area contributed by atoms with E-state index in [1.165, 1.54) is 12.8 Å². The Morgan fingerprint density at radius 3 is 2.35 bits per heavy atom. The zero-order valence-electron chi connectivity index (χ0n) is 12.1. The van der Waals surface area contributed by atoms with Gasteiger partial charge in [-0.05, 0) is 49.7 Å². The van der Waals surface area contributed by atoms with Crippen LogP contribution in [0.1, 0.15) is 39.5 Å². The molecule has 1 N–H and O–H groups in total. The molecule has 0 heterocycles. The summed E-state index contributed by atoms with van der Waals surface area (Å²) in [5.74, 6) is 1.75. The lowest BCUT2D eigenvalue weighted by Crippen LogP contribution is -2.28. The largest absolute Gasteiger partial charge is 0.433 e. The smallest absolute Gasteiger partial charge is 0.387 e. The van der Waals surface area contributed by atoms with E-state index in [0.29, 0.717) is 11.7 Å². The summed E-state index contributed by atoms with van der Waals surface area (Å²) in [5, 5.41) is 3.36. The Labute approximate surface area is 119 Å². The molecule has 1 saturated carbocycles. The van der Waals surface area contributed by atoms with Gasteiger partial charge in [0, 0.05) is 6.04 Å². The third-order valence-corrected chi connectivity index (χ3v) is 4.18. The highest BCUT2D eigenvalue weighted by molar-refractivity contribution is 5.56. The van der Waals surface area contributed by atoms with Crippen molar-refractivity contribution < 1.29 is 13.5 Å². The van der Waals surface area contributed by atoms with Crippen molar-refractivity contribution in [3.05, 3.63) is 24.3 Å². The molecule has 0 amide bonds. The van der Waals surface area contributed by atoms with Gasteiger partial charge in [-0.25, -0.2) is 0 Å². The molecule has 1 aromatic carbocycles. The van der Waals surface area contributed by atoms with E-state index >= 15 is 0 Å². The zero-order chi connectivity index (χ0) is 14.5. The number of rotatable bonds is 5. The lowest BCUT2D eigenvalue weighted by molar-refractivity contribution is -0.0494. The maximum atomic E-state index is 12.4. The number of alkyl halides is 2. The first kappa shape index (κ1) is 15.1. The number of nitrogens with one attached hydrogen (secondary N) is 1. The SMILES string of the molecule is CC(C)C1CCC(Nc2ccccc2OC(F)F)CC1. The Balaban J connectivity index is 1.94. The fourth-order valence-electron chi connectivity index (χ4n) is 2.93. The Hall–Kier alpha value is -1.32. The highest BCUT2D eigenvalue weighted by Gasteiger charge is 2.23. The van der Waals surface area contributed by atoms with Crippen molar-refractivity contribution in [1.29, 1.82) is 0 Å². The van der Waals surface area contributed by atoms with Crippen LogP contribution in [0.2, 0.25) is 0 Å². The van der Waals surface area contributed by atoms with Gasteiger partial charge in [0.15, 0.2) is 0 Å². The van der Waals surface area contributed by atoms with Crippen molar-refractivity contribution >= 4 is 5.69 Å². The Bertz CT molecular complexity index is 415. The van der Waals surface area contributed by atoms with Crippen LogP contribution in [0.4, 0.5) is 14.5 Å². The molecule has 1 aromatic rings. The van der Waals surface area contributed by atoms with E-state index in [0.717, 1.165) is 24.7 Å². The average molecular weight is 283 g/mol. The summed E-state index contributed by atoms with van der Waals surface area (Å²) >= 11 is 0. The van der Waals surface area contributed by atoms with Gasteiger partial charge in [0.25, 0.3) is 0 Å². The summed E-state index contributed by atoms with van der Waals surface area (Å²) in [6.45, 7) is 1.75. The highest BCUT2D eigenvalue weighted by atomic mass is 19.3. The van der Waals surface area contributed by atoms with E-state index in [9.17, 15) is 8.78 Å². The van der Waals surface area contributed by atoms with Gasteiger partial charge in [0.1, 0.15) is 5.75 Å². The van der Waals surface area contributed by atoms with E-state index in [1.807, 2.05) is 6.07 Å². The normalized spacial score (nSPS) is 23.1. The van der Waals surface area contributed by atoms with Gasteiger partial charge in [-0.2, -0.15) is 8.78 Å². The number of hydrogen-bond donors (Lipinski definition) is 1. The van der Waals surface area contributed by atoms with Crippen LogP contribution >= 0.6 is 0 Å². The van der Waals surface area contributed by atoms with Crippen LogP contribution in [-0.2, 0) is 0 Å². The lowest BCUT2D eigenvalue weighted by atomic mass is 9.79. The molecule has 0 saturated heterocycles. The van der Waals surface area contributed by atoms with Crippen LogP contribution in [0.25, 0.3) is 0 Å². The van der Waals surface area contributed by atoms with Crippen molar-refractivity contribution in [3.8, 4) is 5.75 Å². The molecule has 4 heteroatoms. The lowest BCUT2D eigenvalue weighted by Gasteiger charge is -2.32. The maximum absolute atomic E-state index is 12.4. The van der Waals surface area contributed by atoms with Crippen LogP contribution in [0.5, 0.6) is 5.75 Å². The zero-order valence-corrected chi connectivity index (χ0v) is 12.1. The van der Waals surface area contributed by atoms with Gasteiger partial charge in [0.05, 0.1) is 5.69 Å². The summed E-state index contributed by atoms with van der Waals surface area (Å²) in [6, 6.07) is 7.27. The molecule has 0 aliphatic heterocycles. The number of hydrogen-bond acceptors (Lipinski definition) is 2. The average Bonchev–Trinajstić information content (AvgIpc) is 2.41. The molecule has 2 rings (SSSR count). The van der Waals surface area contributed by atoms with E-state index in [1.54, 1.807) is 18.2 Å². The predicted molar refractivity (Wildman–Crippen MR) is 77.3 cm³/mol. The molecule has 1 aliphatic carbocycles. The third-order valence-electron chi connectivity index (χ3n) is 4.18. The number of ether oxygens (including phenoxy) is 1. The summed E-state index contributed by atoms with van der Waals surface area (Å²) in [4.78, 5) is 0. The number of anilines is 1. The Kier molecular flexibility index (Phi) is 5.21. The molecule has 0 radical (unpaired) electrons. The van der Waals surface area contributed by atoms with Crippen molar-refractivity contribution in [2.45, 2.75) is 52.2 Å². The standard InChI is InChI=1S/C16H23F2NO/c1-11(2)12-7-9-13(10-8-12)19-14-5-3-4-6-15(14)20-16(17)18/h3-6,11-13,16,19H,7-10H2,1-2H3. The Morgan fingerprint density at radius 2 is 1.75 bits per heavy atom. The molecule has 112 valence electrons. The Morgan fingerprint density at radius 1 is 1.10 bits per heavy atom. The fraction of sp³-hybridized carbons (Fsp3) is 0.625. The maximum Gasteiger partial charge on any atom is 0.387 e. The second kappa shape index (κ2) is 6.91. The van der Waals surface area contributed by atoms with E-state index in [2.05, 4.69) is 23.9 Å². The molecule has 1 aliphatic rings. The summed E-state index contributed by atoms with van der Waals surface area (Å²) in [7, 11) is 0. The molecule has 0 spiro atoms. The molecular weight excluding hydrogens is 260 g/mol. The number of benzene rings is 1. The second-order valence-electron chi connectivity index (χ2n) is 5.87. The third kappa shape index (κ3) is 4.09. The van der Waals surface area contributed by atoms with Crippen LogP contribution in [0.3, 0.4) is 0 Å². The number of para-hydroxylation sites is 2. The highest BCUT2D eigenvalue weighted by Crippen LogP contribution is 2.33. The quantitative estimate of drug-likeness (QED) is 0.828. The molecule has 0 unspecified atom stereocenters. The number of halogens is 2. The van der Waals surface area contributed by atoms with Crippen LogP contribution in [0, 0.1) is 11.8 Å². The van der Waals surface area contributed by atoms with Gasteiger partial charge in [0.2, 0.25) is 0 Å². The van der Waals surface area contributed by atoms with Crippen LogP contribution in [-0.4, -0.2) is 12.7 Å². The van der Waals surface area contributed by atoms with Crippen LogP contribution < -0.4 is 10.1 Å². The molecule has 20 heavy (non-hydrogen) atoms. The predicted octanol–water partition coefficient (Wildman–Crippen LogP) is 4.91. The van der Waals surface area contributed by atoms with E-state index in [4.69, 9.17) is 0 Å². The van der Waals surface area contributed by atoms with Crippen molar-refractivity contribution in [2.75, 3.05) is 5.32 Å². The summed E-state index contributed by atoms with van der Waals surface area (Å²) in [5.41, 5.74) is 0.667. The second-order valence-corrected chi connectivity index (χ2v) is 5.87. The molecule has 2 nitrogen and oxygen atoms in total. The van der Waals surface area contributed by atoms with Crippen molar-refractivity contribution in [1.82, 2.24) is 0 Å². The van der Waals surface area contributed by atoms with Crippen molar-refractivity contribution in [3.63, 3.8) is 0 Å². The van der Waals surface area contributed by atoms with E-state index < -0.39 is 6.61 Å². The van der Waals surface area contributed by atoms with E-state index in [-0.39, 0.29) is 5.75 Å². The molecular formula is C16H23F2NO. The van der Waals surface area contributed by atoms with Gasteiger partial charge in [-0.15, -0.1) is 0 Å². The molecule has 1 fully saturated rings. The first-order valence-corrected chi connectivity index (χ1v) is 7.36. The van der Waals surface area contributed by atoms with Gasteiger partial charge < -0.3 is 10.1 Å². The topological polar surface area (TPSA) is 21.3 Å². The molecule has 0 aromatic heterocycles. The monoisotopic (exact) mass is 283 g/mol. The minimum atomic E-state index is -2.78.